The monoisotopic (exact) mass is 354 g/mol. The maximum Gasteiger partial charge on any atom is 0.169 e. The van der Waals surface area contributed by atoms with Gasteiger partial charge < -0.3 is 19.6 Å². The molecule has 0 aliphatic carbocycles. The molecular formula is C10H18Cl2N6P2. The molecule has 0 aromatic carbocycles. The number of halogens is 2. The van der Waals surface area contributed by atoms with Gasteiger partial charge in [0.25, 0.3) is 0 Å². The van der Waals surface area contributed by atoms with Crippen LogP contribution in [0.2, 0.25) is 0 Å². The minimum Gasteiger partial charge on any atom is -0.346 e. The first-order chi connectivity index (χ1) is 9.43. The summed E-state index contributed by atoms with van der Waals surface area (Å²) in [6, 6.07) is 0. The zero-order valence-corrected chi connectivity index (χ0v) is 15.1. The van der Waals surface area contributed by atoms with Crippen molar-refractivity contribution in [2.75, 3.05) is 28.2 Å². The van der Waals surface area contributed by atoms with E-state index in [0.717, 1.165) is 0 Å². The van der Waals surface area contributed by atoms with Gasteiger partial charge in [0.1, 0.15) is 0 Å². The Balaban J connectivity index is 1.74. The van der Waals surface area contributed by atoms with Crippen molar-refractivity contribution in [2.45, 2.75) is 12.6 Å². The highest BCUT2D eigenvalue weighted by atomic mass is 35.7. The first kappa shape index (κ1) is 15.0. The molecule has 6 nitrogen and oxygen atoms in total. The molecule has 10 heteroatoms. The van der Waals surface area contributed by atoms with Crippen LogP contribution >= 0.6 is 37.6 Å². The minimum absolute atomic E-state index is 0.114. The third-order valence-electron chi connectivity index (χ3n) is 3.62. The number of nitrogens with zero attached hydrogens (tertiary/aromatic N) is 6. The van der Waals surface area contributed by atoms with Gasteiger partial charge in [0.05, 0.1) is 0 Å². The van der Waals surface area contributed by atoms with E-state index in [9.17, 15) is 0 Å². The summed E-state index contributed by atoms with van der Waals surface area (Å²) in [6.07, 6.45) is 8.41. The van der Waals surface area contributed by atoms with Crippen molar-refractivity contribution in [1.82, 2.24) is 28.5 Å². The van der Waals surface area contributed by atoms with Crippen molar-refractivity contribution in [3.63, 3.8) is 0 Å². The summed E-state index contributed by atoms with van der Waals surface area (Å²) in [4.78, 5) is 8.53. The van der Waals surface area contributed by atoms with Gasteiger partial charge in [0.15, 0.2) is 27.7 Å². The second-order valence-electron chi connectivity index (χ2n) is 5.07. The van der Waals surface area contributed by atoms with Crippen molar-refractivity contribution in [3.8, 4) is 0 Å². The van der Waals surface area contributed by atoms with E-state index < -0.39 is 15.2 Å². The average molecular weight is 355 g/mol. The lowest BCUT2D eigenvalue weighted by Gasteiger charge is -2.57. The summed E-state index contributed by atoms with van der Waals surface area (Å²) in [6.45, 7) is 0. The van der Waals surface area contributed by atoms with Crippen molar-refractivity contribution < 1.29 is 0 Å². The van der Waals surface area contributed by atoms with Crippen molar-refractivity contribution >= 4 is 37.6 Å². The number of hydrogen-bond donors (Lipinski definition) is 0. The second kappa shape index (κ2) is 5.35. The average Bonchev–Trinajstić information content (AvgIpc) is 2.89. The Hall–Kier alpha value is 0.0400. The smallest absolute Gasteiger partial charge is 0.169 e. The van der Waals surface area contributed by atoms with Crippen molar-refractivity contribution in [1.29, 1.82) is 0 Å². The molecule has 0 saturated carbocycles. The van der Waals surface area contributed by atoms with Gasteiger partial charge in [-0.15, -0.1) is 0 Å². The summed E-state index contributed by atoms with van der Waals surface area (Å²) in [5.74, 6) is 0. The van der Waals surface area contributed by atoms with E-state index in [0.29, 0.717) is 0 Å². The van der Waals surface area contributed by atoms with Crippen molar-refractivity contribution in [3.05, 3.63) is 24.8 Å². The standard InChI is InChI=1S/C10H18Cl2N6P2/c1-13-5-6-14(2)9(13)17-19(11)18(20(17)12)10-15(3)7-8-16(10)4/h5-10H,1-4H3. The molecule has 3 rings (SSSR count). The fourth-order valence-electron chi connectivity index (χ4n) is 2.57. The van der Waals surface area contributed by atoms with Gasteiger partial charge in [0, 0.05) is 53.0 Å². The predicted octanol–water partition coefficient (Wildman–Crippen LogP) is 2.80. The highest BCUT2D eigenvalue weighted by Gasteiger charge is 2.56. The van der Waals surface area contributed by atoms with Crippen LogP contribution < -0.4 is 0 Å². The summed E-state index contributed by atoms with van der Waals surface area (Å²) in [5.41, 5.74) is 0. The third kappa shape index (κ3) is 2.09. The summed E-state index contributed by atoms with van der Waals surface area (Å²) >= 11 is 13.4. The van der Waals surface area contributed by atoms with Gasteiger partial charge in [-0.05, 0) is 0 Å². The van der Waals surface area contributed by atoms with Crippen LogP contribution in [0.5, 0.6) is 0 Å². The molecule has 0 aromatic heterocycles. The molecule has 3 aliphatic rings. The molecular weight excluding hydrogens is 337 g/mol. The maximum absolute atomic E-state index is 6.68. The van der Waals surface area contributed by atoms with E-state index in [4.69, 9.17) is 22.5 Å². The summed E-state index contributed by atoms with van der Waals surface area (Å²) in [5, 5.41) is 0. The first-order valence-corrected chi connectivity index (χ1v) is 10.5. The fraction of sp³-hybridized carbons (Fsp3) is 0.600. The van der Waals surface area contributed by atoms with Gasteiger partial charge in [-0.25, -0.2) is 0 Å². The molecule has 3 aliphatic heterocycles. The van der Waals surface area contributed by atoms with Crippen LogP contribution in [0.25, 0.3) is 0 Å². The topological polar surface area (TPSA) is 19.4 Å². The van der Waals surface area contributed by atoms with E-state index in [1.807, 2.05) is 53.0 Å². The predicted molar refractivity (Wildman–Crippen MR) is 86.1 cm³/mol. The van der Waals surface area contributed by atoms with E-state index >= 15 is 0 Å². The molecule has 3 heterocycles. The molecule has 0 aromatic rings. The first-order valence-electron chi connectivity index (χ1n) is 6.18. The molecule has 0 N–H and O–H groups in total. The van der Waals surface area contributed by atoms with Crippen LogP contribution in [0.1, 0.15) is 0 Å². The maximum atomic E-state index is 6.68. The molecule has 0 atom stereocenters. The zero-order valence-electron chi connectivity index (χ0n) is 11.8. The van der Waals surface area contributed by atoms with Gasteiger partial charge in [-0.2, -0.15) is 8.88 Å². The van der Waals surface area contributed by atoms with Crippen LogP contribution in [0.4, 0.5) is 0 Å². The van der Waals surface area contributed by atoms with Crippen LogP contribution in [0.3, 0.4) is 0 Å². The van der Waals surface area contributed by atoms with Crippen LogP contribution in [0, 0.1) is 0 Å². The molecule has 0 spiro atoms. The Morgan fingerprint density at radius 3 is 1.15 bits per heavy atom. The normalized spacial score (nSPS) is 32.9. The lowest BCUT2D eigenvalue weighted by Crippen LogP contribution is -2.56. The zero-order chi connectivity index (χ0) is 14.6. The lowest BCUT2D eigenvalue weighted by molar-refractivity contribution is 0.0918. The quantitative estimate of drug-likeness (QED) is 0.705. The SMILES string of the molecule is CN1C=CN(C)C1N1P(Cl)N(C2N(C)C=CN2C)P1Cl. The number of rotatable bonds is 2. The minimum atomic E-state index is -0.923. The van der Waals surface area contributed by atoms with Gasteiger partial charge >= 0.3 is 0 Å². The molecule has 20 heavy (non-hydrogen) atoms. The molecule has 1 saturated heterocycles. The van der Waals surface area contributed by atoms with E-state index in [1.54, 1.807) is 0 Å². The Morgan fingerprint density at radius 2 is 0.900 bits per heavy atom. The Labute approximate surface area is 132 Å². The molecule has 0 radical (unpaired) electrons. The van der Waals surface area contributed by atoms with E-state index in [2.05, 4.69) is 28.5 Å². The highest BCUT2D eigenvalue weighted by Crippen LogP contribution is 2.83. The van der Waals surface area contributed by atoms with Crippen molar-refractivity contribution in [2.24, 2.45) is 0 Å². The molecule has 0 bridgehead atoms. The fourth-order valence-corrected chi connectivity index (χ4v) is 10.3. The summed E-state index contributed by atoms with van der Waals surface area (Å²) < 4.78 is 4.40. The highest BCUT2D eigenvalue weighted by molar-refractivity contribution is 8.05. The van der Waals surface area contributed by atoms with Gasteiger partial charge in [-0.1, -0.05) is 22.5 Å². The van der Waals surface area contributed by atoms with Crippen LogP contribution in [0.15, 0.2) is 24.8 Å². The molecule has 0 amide bonds. The van der Waals surface area contributed by atoms with Crippen LogP contribution in [-0.2, 0) is 0 Å². The molecule has 1 fully saturated rings. The van der Waals surface area contributed by atoms with E-state index in [-0.39, 0.29) is 12.6 Å². The van der Waals surface area contributed by atoms with E-state index in [1.165, 1.54) is 0 Å². The largest absolute Gasteiger partial charge is 0.346 e. The van der Waals surface area contributed by atoms with Gasteiger partial charge in [0.2, 0.25) is 0 Å². The summed E-state index contributed by atoms with van der Waals surface area (Å²) in [7, 11) is 6.33. The Morgan fingerprint density at radius 1 is 0.650 bits per heavy atom. The van der Waals surface area contributed by atoms with Gasteiger partial charge in [-0.3, -0.25) is 0 Å². The molecule has 112 valence electrons. The van der Waals surface area contributed by atoms with Crippen LogP contribution in [-0.4, -0.2) is 69.3 Å². The number of hydrogen-bond acceptors (Lipinski definition) is 6. The third-order valence-corrected chi connectivity index (χ3v) is 11.1. The second-order valence-corrected chi connectivity index (χ2v) is 10.2. The molecule has 0 unspecified atom stereocenters. The lowest BCUT2D eigenvalue weighted by atomic mass is 10.7. The Kier molecular flexibility index (Phi) is 4.00. The Bertz CT molecular complexity index is 379.